The van der Waals surface area contributed by atoms with Crippen LogP contribution in [0.4, 0.5) is 19.0 Å². The third-order valence-electron chi connectivity index (χ3n) is 2.26. The lowest BCUT2D eigenvalue weighted by molar-refractivity contribution is -0.152. The molecule has 19 heavy (non-hydrogen) atoms. The lowest BCUT2D eigenvalue weighted by Gasteiger charge is -2.11. The normalized spacial score (nSPS) is 13.4. The molecule has 2 aromatic heterocycles. The first kappa shape index (κ1) is 13.9. The molecule has 1 atom stereocenters. The van der Waals surface area contributed by atoms with Gasteiger partial charge in [-0.25, -0.2) is 9.97 Å². The van der Waals surface area contributed by atoms with E-state index in [0.717, 1.165) is 11.8 Å². The quantitative estimate of drug-likeness (QED) is 0.696. The molecule has 0 fully saturated rings. The van der Waals surface area contributed by atoms with Gasteiger partial charge in [-0.3, -0.25) is 0 Å². The van der Waals surface area contributed by atoms with Crippen molar-refractivity contribution >= 4 is 39.1 Å². The van der Waals surface area contributed by atoms with Crippen LogP contribution in [0.2, 0.25) is 0 Å². The standard InChI is InChI=1S/C10H7F3N4S2/c11-10(12,13)5(3-14)4-19-9-16-7(15)6-1-2-18-8(6)17-9/h1-2,5H,4H2,(H2,15,16,17). The number of nitriles is 1. The number of thiophene rings is 1. The number of rotatable bonds is 3. The fourth-order valence-corrected chi connectivity index (χ4v) is 3.01. The van der Waals surface area contributed by atoms with Crippen LogP contribution in [-0.4, -0.2) is 21.9 Å². The molecule has 0 aliphatic heterocycles. The second kappa shape index (κ2) is 5.22. The molecule has 0 aliphatic carbocycles. The number of anilines is 1. The minimum Gasteiger partial charge on any atom is -0.383 e. The second-order valence-corrected chi connectivity index (χ2v) is 5.45. The van der Waals surface area contributed by atoms with Gasteiger partial charge in [-0.15, -0.1) is 11.3 Å². The molecule has 2 rings (SSSR count). The number of nitrogens with two attached hydrogens (primary N) is 1. The van der Waals surface area contributed by atoms with E-state index in [1.54, 1.807) is 11.4 Å². The van der Waals surface area contributed by atoms with Crippen molar-refractivity contribution in [3.63, 3.8) is 0 Å². The Morgan fingerprint density at radius 2 is 2.21 bits per heavy atom. The summed E-state index contributed by atoms with van der Waals surface area (Å²) >= 11 is 2.10. The van der Waals surface area contributed by atoms with Crippen molar-refractivity contribution in [2.45, 2.75) is 11.3 Å². The fourth-order valence-electron chi connectivity index (χ4n) is 1.29. The summed E-state index contributed by atoms with van der Waals surface area (Å²) in [4.78, 5) is 8.64. The molecule has 4 nitrogen and oxygen atoms in total. The Bertz CT molecular complexity index is 632. The van der Waals surface area contributed by atoms with Crippen LogP contribution in [-0.2, 0) is 0 Å². The number of nitrogen functional groups attached to an aromatic ring is 1. The van der Waals surface area contributed by atoms with Crippen LogP contribution in [0.1, 0.15) is 0 Å². The molecule has 0 amide bonds. The Hall–Kier alpha value is -1.53. The van der Waals surface area contributed by atoms with Gasteiger partial charge in [0.25, 0.3) is 0 Å². The summed E-state index contributed by atoms with van der Waals surface area (Å²) in [6.45, 7) is 0. The number of halogens is 3. The maximum absolute atomic E-state index is 12.4. The number of hydrogen-bond acceptors (Lipinski definition) is 6. The highest BCUT2D eigenvalue weighted by molar-refractivity contribution is 7.99. The molecule has 0 saturated heterocycles. The van der Waals surface area contributed by atoms with Gasteiger partial charge in [-0.2, -0.15) is 18.4 Å². The van der Waals surface area contributed by atoms with Crippen molar-refractivity contribution < 1.29 is 13.2 Å². The second-order valence-electron chi connectivity index (χ2n) is 3.57. The summed E-state index contributed by atoms with van der Waals surface area (Å²) in [5, 5.41) is 11.1. The number of nitrogens with zero attached hydrogens (tertiary/aromatic N) is 3. The minimum absolute atomic E-state index is 0.150. The zero-order valence-electron chi connectivity index (χ0n) is 9.31. The Balaban J connectivity index is 2.16. The first-order valence-electron chi connectivity index (χ1n) is 5.01. The van der Waals surface area contributed by atoms with Crippen LogP contribution in [0, 0.1) is 17.2 Å². The molecular formula is C10H7F3N4S2. The van der Waals surface area contributed by atoms with Crippen LogP contribution < -0.4 is 5.73 Å². The van der Waals surface area contributed by atoms with Gasteiger partial charge < -0.3 is 5.73 Å². The zero-order valence-corrected chi connectivity index (χ0v) is 10.9. The molecule has 0 aliphatic rings. The van der Waals surface area contributed by atoms with Gasteiger partial charge in [0.15, 0.2) is 11.1 Å². The molecular weight excluding hydrogens is 297 g/mol. The third-order valence-corrected chi connectivity index (χ3v) is 4.01. The molecule has 2 N–H and O–H groups in total. The van der Waals surface area contributed by atoms with E-state index in [4.69, 9.17) is 11.0 Å². The lowest BCUT2D eigenvalue weighted by atomic mass is 10.2. The predicted octanol–water partition coefficient (Wildman–Crippen LogP) is 3.07. The van der Waals surface area contributed by atoms with Crippen LogP contribution in [0.5, 0.6) is 0 Å². The average Bonchev–Trinajstić information content (AvgIpc) is 2.76. The largest absolute Gasteiger partial charge is 0.405 e. The van der Waals surface area contributed by atoms with Gasteiger partial charge in [0, 0.05) is 5.75 Å². The van der Waals surface area contributed by atoms with Gasteiger partial charge in [0.05, 0.1) is 11.5 Å². The Morgan fingerprint density at radius 1 is 1.47 bits per heavy atom. The molecule has 0 radical (unpaired) electrons. The molecule has 0 bridgehead atoms. The van der Waals surface area contributed by atoms with Gasteiger partial charge in [-0.05, 0) is 11.4 Å². The molecule has 1 unspecified atom stereocenters. The van der Waals surface area contributed by atoms with E-state index in [9.17, 15) is 13.2 Å². The van der Waals surface area contributed by atoms with Crippen LogP contribution >= 0.6 is 23.1 Å². The van der Waals surface area contributed by atoms with E-state index in [0.29, 0.717) is 10.2 Å². The number of aromatic nitrogens is 2. The van der Waals surface area contributed by atoms with Crippen molar-refractivity contribution in [3.8, 4) is 6.07 Å². The van der Waals surface area contributed by atoms with Crippen LogP contribution in [0.3, 0.4) is 0 Å². The lowest BCUT2D eigenvalue weighted by Crippen LogP contribution is -2.23. The summed E-state index contributed by atoms with van der Waals surface area (Å²) in [6, 6.07) is 2.98. The van der Waals surface area contributed by atoms with Crippen LogP contribution in [0.25, 0.3) is 10.2 Å². The summed E-state index contributed by atoms with van der Waals surface area (Å²) in [7, 11) is 0. The first-order chi connectivity index (χ1) is 8.91. The number of hydrogen-bond donors (Lipinski definition) is 1. The summed E-state index contributed by atoms with van der Waals surface area (Å²) in [6.07, 6.45) is -4.54. The maximum Gasteiger partial charge on any atom is 0.405 e. The van der Waals surface area contributed by atoms with Crippen molar-refractivity contribution in [2.24, 2.45) is 5.92 Å². The summed E-state index contributed by atoms with van der Waals surface area (Å²) < 4.78 is 37.2. The number of alkyl halides is 3. The molecule has 0 saturated carbocycles. The Morgan fingerprint density at radius 3 is 2.84 bits per heavy atom. The summed E-state index contributed by atoms with van der Waals surface area (Å²) in [5.74, 6) is -2.26. The van der Waals surface area contributed by atoms with Crippen LogP contribution in [0.15, 0.2) is 16.6 Å². The first-order valence-corrected chi connectivity index (χ1v) is 6.88. The minimum atomic E-state index is -4.54. The van der Waals surface area contributed by atoms with Crippen molar-refractivity contribution in [3.05, 3.63) is 11.4 Å². The van der Waals surface area contributed by atoms with Crippen molar-refractivity contribution in [1.29, 1.82) is 5.26 Å². The molecule has 0 aromatic carbocycles. The van der Waals surface area contributed by atoms with Gasteiger partial charge >= 0.3 is 6.18 Å². The highest BCUT2D eigenvalue weighted by Gasteiger charge is 2.39. The third kappa shape index (κ3) is 3.08. The smallest absolute Gasteiger partial charge is 0.383 e. The van der Waals surface area contributed by atoms with Gasteiger partial charge in [0.1, 0.15) is 10.6 Å². The van der Waals surface area contributed by atoms with E-state index in [2.05, 4.69) is 9.97 Å². The Kier molecular flexibility index (Phi) is 3.82. The van der Waals surface area contributed by atoms with Gasteiger partial charge in [0.2, 0.25) is 0 Å². The van der Waals surface area contributed by atoms with E-state index in [-0.39, 0.29) is 11.0 Å². The van der Waals surface area contributed by atoms with Gasteiger partial charge in [-0.1, -0.05) is 11.8 Å². The average molecular weight is 304 g/mol. The Labute approximate surface area is 114 Å². The highest BCUT2D eigenvalue weighted by atomic mass is 32.2. The zero-order chi connectivity index (χ0) is 14.0. The van der Waals surface area contributed by atoms with E-state index in [1.807, 2.05) is 0 Å². The van der Waals surface area contributed by atoms with Crippen molar-refractivity contribution in [2.75, 3.05) is 11.5 Å². The number of thioether (sulfide) groups is 1. The van der Waals surface area contributed by atoms with E-state index in [1.165, 1.54) is 17.4 Å². The predicted molar refractivity (Wildman–Crippen MR) is 67.7 cm³/mol. The van der Waals surface area contributed by atoms with E-state index < -0.39 is 17.8 Å². The SMILES string of the molecule is N#CC(CSc1nc(N)c2ccsc2n1)C(F)(F)F. The molecule has 0 spiro atoms. The van der Waals surface area contributed by atoms with E-state index >= 15 is 0 Å². The topological polar surface area (TPSA) is 75.6 Å². The number of fused-ring (bicyclic) bond motifs is 1. The summed E-state index contributed by atoms with van der Waals surface area (Å²) in [5.41, 5.74) is 5.68. The fraction of sp³-hybridized carbons (Fsp3) is 0.300. The highest BCUT2D eigenvalue weighted by Crippen LogP contribution is 2.32. The maximum atomic E-state index is 12.4. The molecule has 9 heteroatoms. The van der Waals surface area contributed by atoms with Crippen molar-refractivity contribution in [1.82, 2.24) is 9.97 Å². The molecule has 2 aromatic rings. The molecule has 100 valence electrons. The monoisotopic (exact) mass is 304 g/mol. The molecule has 2 heterocycles.